The zero-order valence-corrected chi connectivity index (χ0v) is 12.8. The van der Waals surface area contributed by atoms with Gasteiger partial charge in [-0.25, -0.2) is 9.97 Å². The van der Waals surface area contributed by atoms with E-state index >= 15 is 0 Å². The normalized spacial score (nSPS) is 10.5. The van der Waals surface area contributed by atoms with Crippen LogP contribution in [0.25, 0.3) is 22.6 Å². The molecule has 3 heterocycles. The maximum absolute atomic E-state index is 5.69. The van der Waals surface area contributed by atoms with Crippen molar-refractivity contribution in [1.82, 2.24) is 15.0 Å². The Balaban J connectivity index is 1.57. The first kappa shape index (κ1) is 14.1. The van der Waals surface area contributed by atoms with Crippen molar-refractivity contribution < 1.29 is 4.42 Å². The van der Waals surface area contributed by atoms with E-state index in [0.717, 1.165) is 16.8 Å². The summed E-state index contributed by atoms with van der Waals surface area (Å²) in [7, 11) is 0. The molecule has 0 spiro atoms. The quantitative estimate of drug-likeness (QED) is 0.599. The molecular formula is C19H14N4O. The van der Waals surface area contributed by atoms with Crippen LogP contribution < -0.4 is 5.32 Å². The van der Waals surface area contributed by atoms with Crippen LogP contribution in [0.15, 0.2) is 83.7 Å². The van der Waals surface area contributed by atoms with Crippen LogP contribution in [0, 0.1) is 0 Å². The van der Waals surface area contributed by atoms with Gasteiger partial charge in [-0.2, -0.15) is 0 Å². The standard InChI is InChI=1S/C19H14N4O/c1-2-6-14(7-3-1)15-9-11-21-18(12-15)23-19-22-13-17(24-19)16-8-4-5-10-20-16/h1-13H,(H,21,22,23). The molecule has 0 radical (unpaired) electrons. The molecule has 5 heteroatoms. The number of rotatable bonds is 4. The largest absolute Gasteiger partial charge is 0.422 e. The van der Waals surface area contributed by atoms with Crippen molar-refractivity contribution in [3.05, 3.63) is 79.3 Å². The van der Waals surface area contributed by atoms with Crippen LogP contribution in [0.3, 0.4) is 0 Å². The Kier molecular flexibility index (Phi) is 3.73. The third-order valence-corrected chi connectivity index (χ3v) is 3.53. The van der Waals surface area contributed by atoms with Gasteiger partial charge in [-0.1, -0.05) is 36.4 Å². The van der Waals surface area contributed by atoms with Crippen molar-refractivity contribution in [2.45, 2.75) is 0 Å². The molecule has 116 valence electrons. The maximum atomic E-state index is 5.69. The Hall–Kier alpha value is -3.47. The van der Waals surface area contributed by atoms with Crippen molar-refractivity contribution in [2.75, 3.05) is 5.32 Å². The SMILES string of the molecule is c1ccc(-c2ccnc(Nc3ncc(-c4ccccn4)o3)c2)cc1. The highest BCUT2D eigenvalue weighted by atomic mass is 16.4. The molecule has 0 aliphatic rings. The number of hydrogen-bond donors (Lipinski definition) is 1. The number of hydrogen-bond acceptors (Lipinski definition) is 5. The van der Waals surface area contributed by atoms with Crippen LogP contribution in [0.4, 0.5) is 11.8 Å². The van der Waals surface area contributed by atoms with E-state index in [1.807, 2.05) is 48.5 Å². The second-order valence-electron chi connectivity index (χ2n) is 5.17. The Morgan fingerprint density at radius 3 is 2.46 bits per heavy atom. The average molecular weight is 314 g/mol. The lowest BCUT2D eigenvalue weighted by Gasteiger charge is -2.05. The van der Waals surface area contributed by atoms with Crippen LogP contribution in [0.1, 0.15) is 0 Å². The van der Waals surface area contributed by atoms with Gasteiger partial charge < -0.3 is 4.42 Å². The molecule has 0 saturated heterocycles. The van der Waals surface area contributed by atoms with E-state index in [1.165, 1.54) is 0 Å². The molecular weight excluding hydrogens is 300 g/mol. The smallest absolute Gasteiger partial charge is 0.300 e. The van der Waals surface area contributed by atoms with Gasteiger partial charge in [0.2, 0.25) is 0 Å². The lowest BCUT2D eigenvalue weighted by atomic mass is 10.1. The molecule has 0 bridgehead atoms. The second kappa shape index (κ2) is 6.34. The molecule has 0 atom stereocenters. The number of anilines is 2. The fourth-order valence-corrected chi connectivity index (χ4v) is 2.38. The van der Waals surface area contributed by atoms with Gasteiger partial charge in [0.15, 0.2) is 5.76 Å². The van der Waals surface area contributed by atoms with Gasteiger partial charge in [-0.15, -0.1) is 0 Å². The van der Waals surface area contributed by atoms with Gasteiger partial charge in [-0.3, -0.25) is 10.3 Å². The van der Waals surface area contributed by atoms with Crippen LogP contribution in [-0.2, 0) is 0 Å². The van der Waals surface area contributed by atoms with Gasteiger partial charge in [0.1, 0.15) is 11.5 Å². The molecule has 0 aliphatic carbocycles. The molecule has 3 aromatic heterocycles. The first-order valence-electron chi connectivity index (χ1n) is 7.54. The first-order chi connectivity index (χ1) is 11.9. The van der Waals surface area contributed by atoms with Gasteiger partial charge in [0.25, 0.3) is 0 Å². The summed E-state index contributed by atoms with van der Waals surface area (Å²) in [6, 6.07) is 20.1. The van der Waals surface area contributed by atoms with E-state index in [-0.39, 0.29) is 0 Å². The Morgan fingerprint density at radius 1 is 0.750 bits per heavy atom. The first-order valence-corrected chi connectivity index (χ1v) is 7.54. The number of aromatic nitrogens is 3. The van der Waals surface area contributed by atoms with Crippen molar-refractivity contribution >= 4 is 11.8 Å². The number of benzene rings is 1. The summed E-state index contributed by atoms with van der Waals surface area (Å²) in [4.78, 5) is 12.8. The Labute approximate surface area is 139 Å². The number of pyridine rings is 2. The lowest BCUT2D eigenvalue weighted by Crippen LogP contribution is -1.93. The summed E-state index contributed by atoms with van der Waals surface area (Å²) in [5, 5.41) is 3.09. The highest BCUT2D eigenvalue weighted by molar-refractivity contribution is 5.67. The van der Waals surface area contributed by atoms with Crippen LogP contribution in [-0.4, -0.2) is 15.0 Å². The van der Waals surface area contributed by atoms with Crippen molar-refractivity contribution in [1.29, 1.82) is 0 Å². The third-order valence-electron chi connectivity index (χ3n) is 3.53. The van der Waals surface area contributed by atoms with E-state index in [1.54, 1.807) is 18.6 Å². The fourth-order valence-electron chi connectivity index (χ4n) is 2.38. The summed E-state index contributed by atoms with van der Waals surface area (Å²) in [6.45, 7) is 0. The minimum atomic E-state index is 0.383. The van der Waals surface area contributed by atoms with E-state index in [0.29, 0.717) is 17.6 Å². The van der Waals surface area contributed by atoms with Gasteiger partial charge in [0.05, 0.1) is 6.20 Å². The molecule has 0 fully saturated rings. The number of nitrogens with zero attached hydrogens (tertiary/aromatic N) is 3. The van der Waals surface area contributed by atoms with E-state index in [9.17, 15) is 0 Å². The highest BCUT2D eigenvalue weighted by Gasteiger charge is 2.08. The topological polar surface area (TPSA) is 63.8 Å². The van der Waals surface area contributed by atoms with Crippen molar-refractivity contribution in [3.8, 4) is 22.6 Å². The lowest BCUT2D eigenvalue weighted by molar-refractivity contribution is 0.589. The summed E-state index contributed by atoms with van der Waals surface area (Å²) in [5.41, 5.74) is 2.94. The molecule has 24 heavy (non-hydrogen) atoms. The van der Waals surface area contributed by atoms with E-state index in [4.69, 9.17) is 4.42 Å². The van der Waals surface area contributed by atoms with Crippen LogP contribution in [0.5, 0.6) is 0 Å². The zero-order chi connectivity index (χ0) is 16.2. The average Bonchev–Trinajstić information content (AvgIpc) is 3.12. The van der Waals surface area contributed by atoms with Gasteiger partial charge in [0, 0.05) is 12.4 Å². The molecule has 4 rings (SSSR count). The molecule has 0 saturated carbocycles. The minimum Gasteiger partial charge on any atom is -0.422 e. The number of nitrogens with one attached hydrogen (secondary N) is 1. The molecule has 4 aromatic rings. The molecule has 0 aliphatic heterocycles. The molecule has 0 unspecified atom stereocenters. The Bertz CT molecular complexity index is 936. The predicted octanol–water partition coefficient (Wildman–Crippen LogP) is 4.54. The fraction of sp³-hybridized carbons (Fsp3) is 0. The van der Waals surface area contributed by atoms with Crippen molar-refractivity contribution in [3.63, 3.8) is 0 Å². The minimum absolute atomic E-state index is 0.383. The zero-order valence-electron chi connectivity index (χ0n) is 12.8. The van der Waals surface area contributed by atoms with E-state index in [2.05, 4.69) is 32.4 Å². The van der Waals surface area contributed by atoms with Gasteiger partial charge >= 0.3 is 6.01 Å². The second-order valence-corrected chi connectivity index (χ2v) is 5.17. The Morgan fingerprint density at radius 2 is 1.62 bits per heavy atom. The summed E-state index contributed by atoms with van der Waals surface area (Å²) < 4.78 is 5.69. The highest BCUT2D eigenvalue weighted by Crippen LogP contribution is 2.25. The van der Waals surface area contributed by atoms with Gasteiger partial charge in [-0.05, 0) is 35.4 Å². The molecule has 5 nitrogen and oxygen atoms in total. The van der Waals surface area contributed by atoms with Crippen LogP contribution >= 0.6 is 0 Å². The van der Waals surface area contributed by atoms with Crippen LogP contribution in [0.2, 0.25) is 0 Å². The monoisotopic (exact) mass is 314 g/mol. The summed E-state index contributed by atoms with van der Waals surface area (Å²) in [5.74, 6) is 1.28. The maximum Gasteiger partial charge on any atom is 0.300 e. The summed E-state index contributed by atoms with van der Waals surface area (Å²) >= 11 is 0. The molecule has 1 aromatic carbocycles. The predicted molar refractivity (Wildman–Crippen MR) is 92.7 cm³/mol. The summed E-state index contributed by atoms with van der Waals surface area (Å²) in [6.07, 6.45) is 5.12. The van der Waals surface area contributed by atoms with Crippen molar-refractivity contribution in [2.24, 2.45) is 0 Å². The number of oxazole rings is 1. The third kappa shape index (κ3) is 3.01. The van der Waals surface area contributed by atoms with E-state index < -0.39 is 0 Å². The molecule has 0 amide bonds. The molecule has 1 N–H and O–H groups in total.